The number of aliphatic carboxylic acids is 1. The van der Waals surface area contributed by atoms with Crippen LogP contribution in [0.5, 0.6) is 0 Å². The quantitative estimate of drug-likeness (QED) is 0.754. The van der Waals surface area contributed by atoms with E-state index in [1.165, 1.54) is 0 Å². The zero-order chi connectivity index (χ0) is 13.6. The van der Waals surface area contributed by atoms with Crippen molar-refractivity contribution in [2.45, 2.75) is 26.8 Å². The fourth-order valence-electron chi connectivity index (χ4n) is 1.49. The number of rotatable bonds is 6. The minimum Gasteiger partial charge on any atom is -0.481 e. The van der Waals surface area contributed by atoms with E-state index in [9.17, 15) is 4.79 Å². The van der Waals surface area contributed by atoms with Crippen molar-refractivity contribution in [1.29, 1.82) is 5.26 Å². The van der Waals surface area contributed by atoms with Gasteiger partial charge in [-0.2, -0.15) is 5.26 Å². The molecule has 0 saturated carbocycles. The van der Waals surface area contributed by atoms with Gasteiger partial charge in [-0.3, -0.25) is 4.79 Å². The standard InChI is InChI=1S/C14H18N2O2/c1-14(2,13(17)18)6-7-16-10-12-5-3-4-11(8-12)9-15/h3-5,8,16H,6-7,10H2,1-2H3,(H,17,18). The van der Waals surface area contributed by atoms with Gasteiger partial charge in [0.2, 0.25) is 0 Å². The van der Waals surface area contributed by atoms with E-state index in [0.29, 0.717) is 25.1 Å². The van der Waals surface area contributed by atoms with Gasteiger partial charge in [-0.05, 0) is 44.5 Å². The molecule has 96 valence electrons. The molecule has 1 aromatic carbocycles. The summed E-state index contributed by atoms with van der Waals surface area (Å²) in [6.45, 7) is 4.71. The second-order valence-electron chi connectivity index (χ2n) is 4.93. The van der Waals surface area contributed by atoms with Crippen molar-refractivity contribution in [1.82, 2.24) is 5.32 Å². The van der Waals surface area contributed by atoms with E-state index in [4.69, 9.17) is 10.4 Å². The molecular formula is C14H18N2O2. The predicted molar refractivity (Wildman–Crippen MR) is 68.9 cm³/mol. The smallest absolute Gasteiger partial charge is 0.309 e. The van der Waals surface area contributed by atoms with Gasteiger partial charge in [0.05, 0.1) is 17.0 Å². The van der Waals surface area contributed by atoms with Crippen LogP contribution in [0.4, 0.5) is 0 Å². The summed E-state index contributed by atoms with van der Waals surface area (Å²) in [5, 5.41) is 20.9. The number of nitriles is 1. The SMILES string of the molecule is CC(C)(CCNCc1cccc(C#N)c1)C(=O)O. The number of hydrogen-bond acceptors (Lipinski definition) is 3. The van der Waals surface area contributed by atoms with Crippen LogP contribution in [-0.4, -0.2) is 17.6 Å². The molecule has 0 aliphatic carbocycles. The normalized spacial score (nSPS) is 10.9. The third kappa shape index (κ3) is 4.19. The fraction of sp³-hybridized carbons (Fsp3) is 0.429. The summed E-state index contributed by atoms with van der Waals surface area (Å²) in [6.07, 6.45) is 0.570. The molecule has 0 aliphatic rings. The van der Waals surface area contributed by atoms with Gasteiger partial charge < -0.3 is 10.4 Å². The molecule has 1 rings (SSSR count). The van der Waals surface area contributed by atoms with Crippen LogP contribution in [0.15, 0.2) is 24.3 Å². The van der Waals surface area contributed by atoms with Crippen LogP contribution in [0.3, 0.4) is 0 Å². The molecular weight excluding hydrogens is 228 g/mol. The Balaban J connectivity index is 2.39. The lowest BCUT2D eigenvalue weighted by Gasteiger charge is -2.18. The lowest BCUT2D eigenvalue weighted by molar-refractivity contribution is -0.147. The molecule has 0 amide bonds. The summed E-state index contributed by atoms with van der Waals surface area (Å²) in [5.74, 6) is -0.782. The first-order valence-corrected chi connectivity index (χ1v) is 5.89. The summed E-state index contributed by atoms with van der Waals surface area (Å²) in [4.78, 5) is 10.9. The summed E-state index contributed by atoms with van der Waals surface area (Å²) in [7, 11) is 0. The van der Waals surface area contributed by atoms with Crippen molar-refractivity contribution in [3.05, 3.63) is 35.4 Å². The second-order valence-corrected chi connectivity index (χ2v) is 4.93. The van der Waals surface area contributed by atoms with Crippen molar-refractivity contribution in [3.63, 3.8) is 0 Å². The Morgan fingerprint density at radius 3 is 2.83 bits per heavy atom. The maximum atomic E-state index is 10.9. The van der Waals surface area contributed by atoms with Gasteiger partial charge in [0.15, 0.2) is 0 Å². The third-order valence-corrected chi connectivity index (χ3v) is 2.89. The molecule has 1 aromatic rings. The molecule has 0 aliphatic heterocycles. The van der Waals surface area contributed by atoms with Gasteiger partial charge in [0.1, 0.15) is 0 Å². The van der Waals surface area contributed by atoms with Gasteiger partial charge in [-0.1, -0.05) is 12.1 Å². The molecule has 0 heterocycles. The van der Waals surface area contributed by atoms with E-state index in [1.807, 2.05) is 18.2 Å². The van der Waals surface area contributed by atoms with Crippen molar-refractivity contribution in [2.75, 3.05) is 6.54 Å². The molecule has 0 saturated heterocycles. The Bertz CT molecular complexity index is 461. The number of nitrogens with one attached hydrogen (secondary N) is 1. The first-order chi connectivity index (χ1) is 8.45. The summed E-state index contributed by atoms with van der Waals surface area (Å²) < 4.78 is 0. The van der Waals surface area contributed by atoms with Gasteiger partial charge in [0, 0.05) is 6.54 Å². The zero-order valence-corrected chi connectivity index (χ0v) is 10.7. The molecule has 18 heavy (non-hydrogen) atoms. The highest BCUT2D eigenvalue weighted by Crippen LogP contribution is 2.19. The molecule has 4 nitrogen and oxygen atoms in total. The predicted octanol–water partition coefficient (Wildman–Crippen LogP) is 2.15. The largest absolute Gasteiger partial charge is 0.481 e. The van der Waals surface area contributed by atoms with Crippen molar-refractivity contribution in [3.8, 4) is 6.07 Å². The van der Waals surface area contributed by atoms with E-state index in [1.54, 1.807) is 19.9 Å². The fourth-order valence-corrected chi connectivity index (χ4v) is 1.49. The average Bonchev–Trinajstić information content (AvgIpc) is 2.35. The molecule has 0 spiro atoms. The Labute approximate surface area is 107 Å². The van der Waals surface area contributed by atoms with Crippen molar-refractivity contribution in [2.24, 2.45) is 5.41 Å². The Kier molecular flexibility index (Phi) is 4.87. The highest BCUT2D eigenvalue weighted by molar-refractivity contribution is 5.73. The number of benzene rings is 1. The number of carbonyl (C=O) groups is 1. The van der Waals surface area contributed by atoms with Crippen LogP contribution in [0.2, 0.25) is 0 Å². The molecule has 0 radical (unpaired) electrons. The van der Waals surface area contributed by atoms with Gasteiger partial charge in [0.25, 0.3) is 0 Å². The Morgan fingerprint density at radius 2 is 2.22 bits per heavy atom. The molecule has 0 bridgehead atoms. The topological polar surface area (TPSA) is 73.1 Å². The maximum absolute atomic E-state index is 10.9. The van der Waals surface area contributed by atoms with E-state index < -0.39 is 11.4 Å². The summed E-state index contributed by atoms with van der Waals surface area (Å²) in [6, 6.07) is 9.47. The third-order valence-electron chi connectivity index (χ3n) is 2.89. The van der Waals surface area contributed by atoms with Crippen LogP contribution in [0.1, 0.15) is 31.4 Å². The number of nitrogens with zero attached hydrogens (tertiary/aromatic N) is 1. The molecule has 0 aromatic heterocycles. The van der Waals surface area contributed by atoms with Crippen LogP contribution in [-0.2, 0) is 11.3 Å². The minimum absolute atomic E-state index is 0.570. The monoisotopic (exact) mass is 246 g/mol. The maximum Gasteiger partial charge on any atom is 0.309 e. The van der Waals surface area contributed by atoms with Crippen LogP contribution in [0, 0.1) is 16.7 Å². The van der Waals surface area contributed by atoms with Gasteiger partial charge >= 0.3 is 5.97 Å². The Morgan fingerprint density at radius 1 is 1.50 bits per heavy atom. The lowest BCUT2D eigenvalue weighted by Crippen LogP contribution is -2.28. The van der Waals surface area contributed by atoms with Crippen molar-refractivity contribution < 1.29 is 9.90 Å². The average molecular weight is 246 g/mol. The van der Waals surface area contributed by atoms with Gasteiger partial charge in [-0.15, -0.1) is 0 Å². The van der Waals surface area contributed by atoms with E-state index in [2.05, 4.69) is 11.4 Å². The molecule has 4 heteroatoms. The highest BCUT2D eigenvalue weighted by atomic mass is 16.4. The zero-order valence-electron chi connectivity index (χ0n) is 10.7. The Hall–Kier alpha value is -1.86. The minimum atomic E-state index is -0.782. The first-order valence-electron chi connectivity index (χ1n) is 5.89. The van der Waals surface area contributed by atoms with E-state index in [0.717, 1.165) is 5.56 Å². The second kappa shape index (κ2) is 6.18. The molecule has 0 fully saturated rings. The molecule has 0 atom stereocenters. The van der Waals surface area contributed by atoms with Crippen LogP contribution >= 0.6 is 0 Å². The van der Waals surface area contributed by atoms with Gasteiger partial charge in [-0.25, -0.2) is 0 Å². The van der Waals surface area contributed by atoms with E-state index >= 15 is 0 Å². The highest BCUT2D eigenvalue weighted by Gasteiger charge is 2.25. The van der Waals surface area contributed by atoms with Crippen LogP contribution in [0.25, 0.3) is 0 Å². The summed E-state index contributed by atoms with van der Waals surface area (Å²) >= 11 is 0. The number of hydrogen-bond donors (Lipinski definition) is 2. The van der Waals surface area contributed by atoms with Crippen molar-refractivity contribution >= 4 is 5.97 Å². The number of carboxylic acid groups (broad SMARTS) is 1. The van der Waals surface area contributed by atoms with Crippen LogP contribution < -0.4 is 5.32 Å². The number of carboxylic acids is 1. The summed E-state index contributed by atoms with van der Waals surface area (Å²) in [5.41, 5.74) is 0.962. The first kappa shape index (κ1) is 14.2. The van der Waals surface area contributed by atoms with E-state index in [-0.39, 0.29) is 0 Å². The molecule has 2 N–H and O–H groups in total. The lowest BCUT2D eigenvalue weighted by atomic mass is 9.90. The molecule has 0 unspecified atom stereocenters.